The van der Waals surface area contributed by atoms with Crippen molar-refractivity contribution in [2.24, 2.45) is 0 Å². The molecule has 4 aromatic rings. The molecule has 1 saturated heterocycles. The Morgan fingerprint density at radius 2 is 1.50 bits per heavy atom. The van der Waals surface area contributed by atoms with Gasteiger partial charge in [0.05, 0.1) is 11.3 Å². The first-order chi connectivity index (χ1) is 20.5. The Kier molecular flexibility index (Phi) is 7.86. The minimum Gasteiger partial charge on any atom is -0.354 e. The Morgan fingerprint density at radius 3 is 2.19 bits per heavy atom. The average molecular weight is 558 g/mol. The Balaban J connectivity index is 1.32. The van der Waals surface area contributed by atoms with E-state index in [1.807, 2.05) is 72.8 Å². The number of fused-ring (bicyclic) bond motifs is 1. The summed E-state index contributed by atoms with van der Waals surface area (Å²) in [5.41, 5.74) is 6.93. The van der Waals surface area contributed by atoms with Gasteiger partial charge >= 0.3 is 0 Å². The Labute approximate surface area is 247 Å². The monoisotopic (exact) mass is 557 g/mol. The number of hydrogen-bond acceptors (Lipinski definition) is 5. The van der Waals surface area contributed by atoms with Crippen molar-refractivity contribution in [3.05, 3.63) is 125 Å². The van der Waals surface area contributed by atoms with Crippen LogP contribution in [-0.2, 0) is 11.3 Å². The lowest BCUT2D eigenvalue weighted by Crippen LogP contribution is -2.43. The third-order valence-corrected chi connectivity index (χ3v) is 8.00. The van der Waals surface area contributed by atoms with Gasteiger partial charge in [-0.3, -0.25) is 14.5 Å². The van der Waals surface area contributed by atoms with E-state index in [1.165, 1.54) is 5.56 Å². The summed E-state index contributed by atoms with van der Waals surface area (Å²) in [4.78, 5) is 33.4. The number of hydrogen-bond donors (Lipinski definition) is 2. The summed E-state index contributed by atoms with van der Waals surface area (Å²) >= 11 is 0. The molecule has 4 aromatic carbocycles. The number of rotatable bonds is 7. The second-order valence-corrected chi connectivity index (χ2v) is 10.9. The summed E-state index contributed by atoms with van der Waals surface area (Å²) in [6.45, 7) is 5.24. The van der Waals surface area contributed by atoms with E-state index < -0.39 is 0 Å². The summed E-state index contributed by atoms with van der Waals surface area (Å²) in [5, 5.41) is 6.54. The summed E-state index contributed by atoms with van der Waals surface area (Å²) in [6.07, 6.45) is 0. The van der Waals surface area contributed by atoms with Gasteiger partial charge in [0.15, 0.2) is 0 Å². The van der Waals surface area contributed by atoms with Crippen LogP contribution in [0, 0.1) is 0 Å². The molecule has 0 radical (unpaired) electrons. The highest BCUT2D eigenvalue weighted by atomic mass is 16.2. The van der Waals surface area contributed by atoms with Gasteiger partial charge in [0.25, 0.3) is 11.8 Å². The van der Waals surface area contributed by atoms with Gasteiger partial charge in [-0.05, 0) is 60.6 Å². The Bertz CT molecular complexity index is 1610. The van der Waals surface area contributed by atoms with Gasteiger partial charge in [0, 0.05) is 68.0 Å². The SMILES string of the molecule is CN1CCN(Cc2ccc(N/C(=C3\C(=O)Nc4ccc(C(=O)N(C)c5ccccc5)cc43)c3ccccc3)cc2)CC1. The van der Waals surface area contributed by atoms with Crippen LogP contribution in [0.3, 0.4) is 0 Å². The first-order valence-electron chi connectivity index (χ1n) is 14.3. The molecule has 42 heavy (non-hydrogen) atoms. The third-order valence-electron chi connectivity index (χ3n) is 8.00. The van der Waals surface area contributed by atoms with Crippen molar-refractivity contribution in [1.29, 1.82) is 0 Å². The molecule has 2 N–H and O–H groups in total. The molecule has 0 aliphatic carbocycles. The van der Waals surface area contributed by atoms with Crippen molar-refractivity contribution < 1.29 is 9.59 Å². The van der Waals surface area contributed by atoms with Crippen LogP contribution in [0.1, 0.15) is 27.0 Å². The van der Waals surface area contributed by atoms with Crippen molar-refractivity contribution in [3.8, 4) is 0 Å². The third kappa shape index (κ3) is 5.84. The molecular formula is C35H35N5O2. The Morgan fingerprint density at radius 1 is 0.833 bits per heavy atom. The number of carbonyl (C=O) groups excluding carboxylic acids is 2. The number of amides is 2. The molecule has 6 rings (SSSR count). The molecule has 1 fully saturated rings. The number of piperazine rings is 1. The van der Waals surface area contributed by atoms with E-state index in [4.69, 9.17) is 0 Å². The molecule has 2 amide bonds. The zero-order valence-corrected chi connectivity index (χ0v) is 24.0. The molecule has 2 aliphatic heterocycles. The highest BCUT2D eigenvalue weighted by Crippen LogP contribution is 2.38. The van der Waals surface area contributed by atoms with E-state index in [2.05, 4.69) is 51.7 Å². The zero-order valence-electron chi connectivity index (χ0n) is 24.0. The van der Waals surface area contributed by atoms with E-state index in [1.54, 1.807) is 18.0 Å². The number of carbonyl (C=O) groups is 2. The predicted molar refractivity (Wildman–Crippen MR) is 170 cm³/mol. The van der Waals surface area contributed by atoms with Crippen LogP contribution in [0.4, 0.5) is 17.1 Å². The smallest absolute Gasteiger partial charge is 0.258 e. The molecule has 2 heterocycles. The summed E-state index contributed by atoms with van der Waals surface area (Å²) in [7, 11) is 3.93. The van der Waals surface area contributed by atoms with Crippen LogP contribution >= 0.6 is 0 Å². The number of benzene rings is 4. The van der Waals surface area contributed by atoms with Crippen LogP contribution in [0.2, 0.25) is 0 Å². The lowest BCUT2D eigenvalue weighted by atomic mass is 9.98. The zero-order chi connectivity index (χ0) is 29.1. The highest BCUT2D eigenvalue weighted by Gasteiger charge is 2.30. The van der Waals surface area contributed by atoms with Crippen molar-refractivity contribution in [3.63, 3.8) is 0 Å². The van der Waals surface area contributed by atoms with E-state index in [0.29, 0.717) is 28.1 Å². The van der Waals surface area contributed by atoms with Gasteiger partial charge < -0.3 is 20.4 Å². The average Bonchev–Trinajstić information content (AvgIpc) is 3.36. The molecular weight excluding hydrogens is 522 g/mol. The number of nitrogens with zero attached hydrogens (tertiary/aromatic N) is 3. The van der Waals surface area contributed by atoms with Gasteiger partial charge in [0.2, 0.25) is 0 Å². The van der Waals surface area contributed by atoms with Crippen molar-refractivity contribution in [2.45, 2.75) is 6.54 Å². The standard InChI is InChI=1S/C35H35N5O2/c1-38-19-21-40(22-20-38)24-25-13-16-28(17-14-25)36-33(26-9-5-3-6-10-26)32-30-23-27(15-18-31(30)37-34(32)41)35(42)39(2)29-11-7-4-8-12-29/h3-18,23,36H,19-22,24H2,1-2H3,(H,37,41)/b33-32-. The minimum atomic E-state index is -0.205. The summed E-state index contributed by atoms with van der Waals surface area (Å²) < 4.78 is 0. The van der Waals surface area contributed by atoms with Gasteiger partial charge in [-0.25, -0.2) is 0 Å². The maximum Gasteiger partial charge on any atom is 0.258 e. The van der Waals surface area contributed by atoms with Gasteiger partial charge in [0.1, 0.15) is 0 Å². The minimum absolute atomic E-state index is 0.146. The first kappa shape index (κ1) is 27.4. The van der Waals surface area contributed by atoms with Gasteiger partial charge in [-0.1, -0.05) is 60.7 Å². The molecule has 212 valence electrons. The largest absolute Gasteiger partial charge is 0.354 e. The van der Waals surface area contributed by atoms with E-state index >= 15 is 0 Å². The normalized spacial score (nSPS) is 16.5. The van der Waals surface area contributed by atoms with Crippen LogP contribution in [-0.4, -0.2) is 61.9 Å². The van der Waals surface area contributed by atoms with Crippen LogP contribution in [0.15, 0.2) is 103 Å². The number of anilines is 3. The number of likely N-dealkylation sites (N-methyl/N-ethyl adjacent to an activating group) is 1. The predicted octanol–water partition coefficient (Wildman–Crippen LogP) is 5.64. The van der Waals surface area contributed by atoms with E-state index in [9.17, 15) is 9.59 Å². The van der Waals surface area contributed by atoms with Crippen molar-refractivity contribution in [2.75, 3.05) is 55.8 Å². The van der Waals surface area contributed by atoms with Crippen molar-refractivity contribution in [1.82, 2.24) is 9.80 Å². The van der Waals surface area contributed by atoms with Crippen LogP contribution in [0.5, 0.6) is 0 Å². The maximum atomic E-state index is 13.5. The van der Waals surface area contributed by atoms with Gasteiger partial charge in [-0.15, -0.1) is 0 Å². The lowest BCUT2D eigenvalue weighted by Gasteiger charge is -2.32. The maximum absolute atomic E-state index is 13.5. The fourth-order valence-corrected chi connectivity index (χ4v) is 5.50. The van der Waals surface area contributed by atoms with E-state index in [-0.39, 0.29) is 11.8 Å². The quantitative estimate of drug-likeness (QED) is 0.288. The van der Waals surface area contributed by atoms with Crippen molar-refractivity contribution >= 4 is 40.1 Å². The molecule has 0 bridgehead atoms. The lowest BCUT2D eigenvalue weighted by molar-refractivity contribution is -0.110. The molecule has 0 aromatic heterocycles. The first-order valence-corrected chi connectivity index (χ1v) is 14.3. The fourth-order valence-electron chi connectivity index (χ4n) is 5.50. The Hall–Kier alpha value is -4.72. The molecule has 7 nitrogen and oxygen atoms in total. The summed E-state index contributed by atoms with van der Waals surface area (Å²) in [5.74, 6) is -0.350. The van der Waals surface area contributed by atoms with Crippen LogP contribution in [0.25, 0.3) is 11.3 Å². The molecule has 0 spiro atoms. The second-order valence-electron chi connectivity index (χ2n) is 10.9. The highest BCUT2D eigenvalue weighted by molar-refractivity contribution is 6.37. The number of nitrogens with one attached hydrogen (secondary N) is 2. The number of para-hydroxylation sites is 1. The summed E-state index contributed by atoms with van der Waals surface area (Å²) in [6, 6.07) is 33.2. The second kappa shape index (κ2) is 12.0. The van der Waals surface area contributed by atoms with E-state index in [0.717, 1.165) is 49.7 Å². The fraction of sp³-hybridized carbons (Fsp3) is 0.200. The molecule has 0 saturated carbocycles. The molecule has 2 aliphatic rings. The molecule has 7 heteroatoms. The molecule has 0 unspecified atom stereocenters. The van der Waals surface area contributed by atoms with Crippen LogP contribution < -0.4 is 15.5 Å². The molecule has 0 atom stereocenters. The van der Waals surface area contributed by atoms with Gasteiger partial charge in [-0.2, -0.15) is 0 Å². The topological polar surface area (TPSA) is 67.9 Å².